The summed E-state index contributed by atoms with van der Waals surface area (Å²) in [5.74, 6) is -2.28. The number of halogens is 4. The minimum Gasteiger partial charge on any atom is -0.435 e. The maximum atomic E-state index is 14.3. The van der Waals surface area contributed by atoms with E-state index >= 15 is 0 Å². The van der Waals surface area contributed by atoms with Crippen LogP contribution in [0, 0.1) is 11.8 Å². The Labute approximate surface area is 193 Å². The number of aliphatic imine (C=N–C) groups is 1. The Bertz CT molecular complexity index is 1220. The molecule has 1 aliphatic heterocycles. The number of carbonyl (C=O) groups excluding carboxylic acids is 1. The van der Waals surface area contributed by atoms with Crippen LogP contribution in [-0.2, 0) is 10.3 Å². The van der Waals surface area contributed by atoms with E-state index in [4.69, 9.17) is 5.73 Å². The highest BCUT2D eigenvalue weighted by molar-refractivity contribution is 6.09. The van der Waals surface area contributed by atoms with Gasteiger partial charge in [-0.05, 0) is 41.0 Å². The molecule has 1 aromatic heterocycles. The van der Waals surface area contributed by atoms with Gasteiger partial charge in [0.05, 0.1) is 6.20 Å². The fourth-order valence-corrected chi connectivity index (χ4v) is 3.60. The molecule has 1 amide bonds. The standard InChI is InChI=1S/C22H16F4N4O2.C2H6/c1-30-19(31)22(29-21(30)27,13-5-7-16(8-6-13)32-20(25)26)14-4-2-3-12(9-14)17-10-15(23)11-28-18(17)24;1-2/h2-11,20H,1H3,(H2,27,29);1-2H3. The first-order valence-corrected chi connectivity index (χ1v) is 10.3. The summed E-state index contributed by atoms with van der Waals surface area (Å²) in [6.07, 6.45) is 0.758. The van der Waals surface area contributed by atoms with E-state index in [0.29, 0.717) is 11.1 Å². The van der Waals surface area contributed by atoms with Crippen LogP contribution in [-0.4, -0.2) is 35.4 Å². The molecule has 0 radical (unpaired) electrons. The molecule has 6 nitrogen and oxygen atoms in total. The highest BCUT2D eigenvalue weighted by atomic mass is 19.3. The molecule has 0 bridgehead atoms. The number of benzene rings is 2. The smallest absolute Gasteiger partial charge is 0.387 e. The van der Waals surface area contributed by atoms with Gasteiger partial charge in [-0.25, -0.2) is 14.4 Å². The number of nitrogens with two attached hydrogens (primary N) is 1. The molecule has 10 heteroatoms. The molecule has 3 aromatic rings. The van der Waals surface area contributed by atoms with E-state index < -0.39 is 29.8 Å². The van der Waals surface area contributed by atoms with Gasteiger partial charge in [-0.3, -0.25) is 9.69 Å². The number of rotatable bonds is 5. The molecule has 0 spiro atoms. The first-order valence-electron chi connectivity index (χ1n) is 10.3. The van der Waals surface area contributed by atoms with Crippen LogP contribution in [0.5, 0.6) is 5.75 Å². The fraction of sp³-hybridized carbons (Fsp3) is 0.208. The molecular formula is C24H22F4N4O2. The van der Waals surface area contributed by atoms with Gasteiger partial charge < -0.3 is 10.5 Å². The monoisotopic (exact) mass is 474 g/mol. The number of hydrogen-bond acceptors (Lipinski definition) is 5. The predicted molar refractivity (Wildman–Crippen MR) is 119 cm³/mol. The number of alkyl halides is 2. The Morgan fingerprint density at radius 3 is 2.29 bits per heavy atom. The van der Waals surface area contributed by atoms with E-state index in [1.54, 1.807) is 12.1 Å². The minimum absolute atomic E-state index is 0.0630. The van der Waals surface area contributed by atoms with Gasteiger partial charge in [-0.2, -0.15) is 13.2 Å². The third-order valence-corrected chi connectivity index (χ3v) is 5.13. The molecule has 4 rings (SSSR count). The highest BCUT2D eigenvalue weighted by Crippen LogP contribution is 2.41. The number of ether oxygens (including phenoxy) is 1. The Hall–Kier alpha value is -3.95. The number of nitrogens with zero attached hydrogens (tertiary/aromatic N) is 3. The topological polar surface area (TPSA) is 80.8 Å². The van der Waals surface area contributed by atoms with Crippen molar-refractivity contribution in [3.05, 3.63) is 83.7 Å². The third kappa shape index (κ3) is 4.43. The molecule has 0 saturated carbocycles. The molecule has 0 aliphatic carbocycles. The summed E-state index contributed by atoms with van der Waals surface area (Å²) in [5, 5.41) is 0. The number of likely N-dealkylation sites (N-methyl/N-ethyl adjacent to an activating group) is 1. The normalized spacial score (nSPS) is 17.4. The van der Waals surface area contributed by atoms with Crippen molar-refractivity contribution in [2.75, 3.05) is 7.05 Å². The van der Waals surface area contributed by atoms with Crippen molar-refractivity contribution in [1.82, 2.24) is 9.88 Å². The van der Waals surface area contributed by atoms with E-state index in [9.17, 15) is 22.4 Å². The van der Waals surface area contributed by atoms with Gasteiger partial charge in [0.15, 0.2) is 11.5 Å². The first-order chi connectivity index (χ1) is 16.2. The van der Waals surface area contributed by atoms with Crippen molar-refractivity contribution < 1.29 is 27.1 Å². The van der Waals surface area contributed by atoms with Crippen molar-refractivity contribution in [3.8, 4) is 16.9 Å². The highest BCUT2D eigenvalue weighted by Gasteiger charge is 2.49. The number of guanidine groups is 1. The van der Waals surface area contributed by atoms with Crippen LogP contribution in [0.2, 0.25) is 0 Å². The minimum atomic E-state index is -3.01. The number of amides is 1. The quantitative estimate of drug-likeness (QED) is 0.430. The summed E-state index contributed by atoms with van der Waals surface area (Å²) in [6, 6.07) is 12.6. The maximum absolute atomic E-state index is 14.3. The zero-order valence-corrected chi connectivity index (χ0v) is 18.6. The van der Waals surface area contributed by atoms with E-state index in [1.165, 1.54) is 43.4 Å². The van der Waals surface area contributed by atoms with E-state index in [2.05, 4.69) is 14.7 Å². The van der Waals surface area contributed by atoms with Gasteiger partial charge in [0.1, 0.15) is 11.6 Å². The van der Waals surface area contributed by atoms with Gasteiger partial charge in [0.2, 0.25) is 5.95 Å². The van der Waals surface area contributed by atoms with Gasteiger partial charge in [-0.1, -0.05) is 44.2 Å². The van der Waals surface area contributed by atoms with Crippen LogP contribution < -0.4 is 10.5 Å². The van der Waals surface area contributed by atoms with Crippen molar-refractivity contribution in [2.45, 2.75) is 26.0 Å². The summed E-state index contributed by atoms with van der Waals surface area (Å²) < 4.78 is 57.3. The lowest BCUT2D eigenvalue weighted by atomic mass is 9.81. The Kier molecular flexibility index (Phi) is 7.19. The third-order valence-electron chi connectivity index (χ3n) is 5.13. The van der Waals surface area contributed by atoms with Crippen molar-refractivity contribution in [2.24, 2.45) is 10.7 Å². The molecule has 0 fully saturated rings. The van der Waals surface area contributed by atoms with Crippen LogP contribution in [0.25, 0.3) is 11.1 Å². The molecule has 2 aromatic carbocycles. The molecule has 2 heterocycles. The largest absolute Gasteiger partial charge is 0.435 e. The fourth-order valence-electron chi connectivity index (χ4n) is 3.60. The van der Waals surface area contributed by atoms with Crippen LogP contribution in [0.3, 0.4) is 0 Å². The van der Waals surface area contributed by atoms with E-state index in [-0.39, 0.29) is 22.8 Å². The Morgan fingerprint density at radius 2 is 1.71 bits per heavy atom. The number of aromatic nitrogens is 1. The lowest BCUT2D eigenvalue weighted by Crippen LogP contribution is -2.41. The summed E-state index contributed by atoms with van der Waals surface area (Å²) >= 11 is 0. The zero-order valence-electron chi connectivity index (χ0n) is 18.6. The zero-order chi connectivity index (χ0) is 25.0. The number of pyridine rings is 1. The van der Waals surface area contributed by atoms with Crippen LogP contribution in [0.1, 0.15) is 25.0 Å². The van der Waals surface area contributed by atoms with Gasteiger partial charge in [0.25, 0.3) is 5.91 Å². The lowest BCUT2D eigenvalue weighted by molar-refractivity contribution is -0.129. The summed E-state index contributed by atoms with van der Waals surface area (Å²) in [4.78, 5) is 22.2. The van der Waals surface area contributed by atoms with Gasteiger partial charge in [0, 0.05) is 12.6 Å². The van der Waals surface area contributed by atoms with Crippen molar-refractivity contribution >= 4 is 11.9 Å². The van der Waals surface area contributed by atoms with E-state index in [0.717, 1.165) is 17.2 Å². The van der Waals surface area contributed by atoms with Crippen LogP contribution in [0.15, 0.2) is 65.8 Å². The summed E-state index contributed by atoms with van der Waals surface area (Å²) in [6.45, 7) is 0.995. The summed E-state index contributed by atoms with van der Waals surface area (Å²) in [7, 11) is 1.44. The molecule has 178 valence electrons. The molecule has 2 N–H and O–H groups in total. The van der Waals surface area contributed by atoms with E-state index in [1.807, 2.05) is 13.8 Å². The Morgan fingerprint density at radius 1 is 1.03 bits per heavy atom. The maximum Gasteiger partial charge on any atom is 0.387 e. The first kappa shape index (κ1) is 24.7. The summed E-state index contributed by atoms with van der Waals surface area (Å²) in [5.41, 5.74) is 5.07. The molecule has 0 saturated heterocycles. The number of hydrogen-bond donors (Lipinski definition) is 1. The second-order valence-corrected chi connectivity index (χ2v) is 7.02. The molecule has 34 heavy (non-hydrogen) atoms. The molecule has 1 unspecified atom stereocenters. The lowest BCUT2D eigenvalue weighted by Gasteiger charge is -2.26. The number of carbonyl (C=O) groups is 1. The van der Waals surface area contributed by atoms with Crippen molar-refractivity contribution in [1.29, 1.82) is 0 Å². The second-order valence-electron chi connectivity index (χ2n) is 7.02. The second kappa shape index (κ2) is 9.90. The van der Waals surface area contributed by atoms with Gasteiger partial charge in [-0.15, -0.1) is 0 Å². The average molecular weight is 474 g/mol. The van der Waals surface area contributed by atoms with Crippen molar-refractivity contribution in [3.63, 3.8) is 0 Å². The SMILES string of the molecule is CC.CN1C(=O)C(c2ccc(OC(F)F)cc2)(c2cccc(-c3cc(F)cnc3F)c2)N=C1N. The molecule has 1 aliphatic rings. The van der Waals surface area contributed by atoms with Crippen LogP contribution in [0.4, 0.5) is 17.6 Å². The molecular weight excluding hydrogens is 452 g/mol. The average Bonchev–Trinajstić information content (AvgIpc) is 3.07. The molecule has 1 atom stereocenters. The predicted octanol–water partition coefficient (Wildman–Crippen LogP) is 4.68. The van der Waals surface area contributed by atoms with Crippen LogP contribution >= 0.6 is 0 Å². The Balaban J connectivity index is 0.00000158. The van der Waals surface area contributed by atoms with Gasteiger partial charge >= 0.3 is 6.61 Å².